The zero-order valence-corrected chi connectivity index (χ0v) is 13.2. The third-order valence-electron chi connectivity index (χ3n) is 4.93. The molecule has 6 heteroatoms. The molecule has 0 radical (unpaired) electrons. The zero-order chi connectivity index (χ0) is 16.7. The second-order valence-electron chi connectivity index (χ2n) is 6.51. The number of aliphatic hydroxyl groups excluding tert-OH is 1. The Morgan fingerprint density at radius 3 is 2.75 bits per heavy atom. The molecule has 1 aromatic carbocycles. The molecule has 126 valence electrons. The molecular formula is C18H19FN2O3. The van der Waals surface area contributed by atoms with E-state index in [9.17, 15) is 14.3 Å². The van der Waals surface area contributed by atoms with Gasteiger partial charge in [-0.25, -0.2) is 9.37 Å². The molecule has 1 aliphatic heterocycles. The number of carbonyl (C=O) groups excluding carboxylic acids is 1. The lowest BCUT2D eigenvalue weighted by molar-refractivity contribution is -0.141. The Labute approximate surface area is 139 Å². The van der Waals surface area contributed by atoms with Crippen LogP contribution in [0.5, 0.6) is 0 Å². The minimum absolute atomic E-state index is 0.350. The molecule has 1 unspecified atom stereocenters. The zero-order valence-electron chi connectivity index (χ0n) is 13.2. The van der Waals surface area contributed by atoms with Gasteiger partial charge < -0.3 is 14.4 Å². The van der Waals surface area contributed by atoms with Crippen LogP contribution < -0.4 is 0 Å². The summed E-state index contributed by atoms with van der Waals surface area (Å²) in [5, 5.41) is 10.3. The minimum Gasteiger partial charge on any atom is -0.445 e. The average molecular weight is 330 g/mol. The Bertz CT molecular complexity index is 752. The summed E-state index contributed by atoms with van der Waals surface area (Å²) in [5.41, 5.74) is 1.19. The molecule has 2 aromatic rings. The highest BCUT2D eigenvalue weighted by Gasteiger charge is 2.32. The fourth-order valence-corrected chi connectivity index (χ4v) is 3.20. The highest BCUT2D eigenvalue weighted by Crippen LogP contribution is 2.37. The highest BCUT2D eigenvalue weighted by atomic mass is 19.1. The maximum atomic E-state index is 13.0. The topological polar surface area (TPSA) is 66.6 Å². The van der Waals surface area contributed by atoms with Crippen molar-refractivity contribution in [3.63, 3.8) is 0 Å². The first-order chi connectivity index (χ1) is 11.6. The summed E-state index contributed by atoms with van der Waals surface area (Å²) in [6, 6.07) is 5.33. The largest absolute Gasteiger partial charge is 0.445 e. The smallest absolute Gasteiger partial charge is 0.256 e. The predicted octanol–water partition coefficient (Wildman–Crippen LogP) is 2.70. The van der Waals surface area contributed by atoms with E-state index in [2.05, 4.69) is 4.98 Å². The quantitative estimate of drug-likeness (QED) is 0.940. The standard InChI is InChI=1S/C18H19FN2O3/c19-13-6-4-11(5-7-13)16(22)18(23)21-9-8-15-14(10-21)20-17(24-15)12-2-1-3-12/h4-7,12,16,22H,1-3,8-10H2. The molecule has 0 spiro atoms. The van der Waals surface area contributed by atoms with Gasteiger partial charge in [-0.05, 0) is 30.5 Å². The van der Waals surface area contributed by atoms with Crippen molar-refractivity contribution in [3.05, 3.63) is 53.0 Å². The number of rotatable bonds is 3. The van der Waals surface area contributed by atoms with Gasteiger partial charge in [0.25, 0.3) is 5.91 Å². The lowest BCUT2D eigenvalue weighted by Crippen LogP contribution is -2.38. The van der Waals surface area contributed by atoms with Crippen LogP contribution in [0.2, 0.25) is 0 Å². The number of benzene rings is 1. The number of nitrogens with zero attached hydrogens (tertiary/aromatic N) is 2. The first-order valence-corrected chi connectivity index (χ1v) is 8.32. The van der Waals surface area contributed by atoms with Gasteiger partial charge in [-0.3, -0.25) is 4.79 Å². The van der Waals surface area contributed by atoms with Gasteiger partial charge in [0.05, 0.1) is 6.54 Å². The van der Waals surface area contributed by atoms with Crippen LogP contribution in [0.25, 0.3) is 0 Å². The number of carbonyl (C=O) groups is 1. The molecule has 1 amide bonds. The van der Waals surface area contributed by atoms with Crippen molar-refractivity contribution in [1.29, 1.82) is 0 Å². The van der Waals surface area contributed by atoms with Crippen molar-refractivity contribution in [2.75, 3.05) is 6.54 Å². The van der Waals surface area contributed by atoms with E-state index in [1.807, 2.05) is 0 Å². The Balaban J connectivity index is 1.48. The summed E-state index contributed by atoms with van der Waals surface area (Å²) in [5.74, 6) is 1.29. The summed E-state index contributed by atoms with van der Waals surface area (Å²) in [7, 11) is 0. The number of fused-ring (bicyclic) bond motifs is 1. The van der Waals surface area contributed by atoms with Crippen LogP contribution in [-0.4, -0.2) is 27.4 Å². The molecule has 1 fully saturated rings. The molecular weight excluding hydrogens is 311 g/mol. The first kappa shape index (κ1) is 15.3. The van der Waals surface area contributed by atoms with Crippen LogP contribution in [0, 0.1) is 5.82 Å². The number of halogens is 1. The molecule has 1 aliphatic carbocycles. The predicted molar refractivity (Wildman–Crippen MR) is 83.6 cm³/mol. The molecule has 1 saturated carbocycles. The minimum atomic E-state index is -1.29. The lowest BCUT2D eigenvalue weighted by Gasteiger charge is -2.27. The third-order valence-corrected chi connectivity index (χ3v) is 4.93. The van der Waals surface area contributed by atoms with Crippen molar-refractivity contribution < 1.29 is 18.7 Å². The number of aliphatic hydroxyl groups is 1. The van der Waals surface area contributed by atoms with Crippen molar-refractivity contribution >= 4 is 5.91 Å². The van der Waals surface area contributed by atoms with Gasteiger partial charge in [-0.15, -0.1) is 0 Å². The number of oxazole rings is 1. The molecule has 2 aliphatic rings. The van der Waals surface area contributed by atoms with E-state index in [4.69, 9.17) is 4.42 Å². The van der Waals surface area contributed by atoms with Gasteiger partial charge in [-0.1, -0.05) is 18.6 Å². The van der Waals surface area contributed by atoms with Crippen molar-refractivity contribution in [1.82, 2.24) is 9.88 Å². The Morgan fingerprint density at radius 2 is 2.08 bits per heavy atom. The molecule has 1 aromatic heterocycles. The summed E-state index contributed by atoms with van der Waals surface area (Å²) in [6.45, 7) is 0.839. The van der Waals surface area contributed by atoms with Gasteiger partial charge in [0, 0.05) is 18.9 Å². The van der Waals surface area contributed by atoms with E-state index in [1.165, 1.54) is 30.7 Å². The number of aromatic nitrogens is 1. The van der Waals surface area contributed by atoms with E-state index in [-0.39, 0.29) is 5.91 Å². The molecule has 2 heterocycles. The monoisotopic (exact) mass is 330 g/mol. The van der Waals surface area contributed by atoms with E-state index in [0.717, 1.165) is 30.2 Å². The van der Waals surface area contributed by atoms with Gasteiger partial charge in [-0.2, -0.15) is 0 Å². The number of hydrogen-bond donors (Lipinski definition) is 1. The van der Waals surface area contributed by atoms with Crippen molar-refractivity contribution in [2.45, 2.75) is 44.2 Å². The number of hydrogen-bond acceptors (Lipinski definition) is 4. The SMILES string of the molecule is O=C(C(O)c1ccc(F)cc1)N1CCc2oc(C3CCC3)nc2C1. The fourth-order valence-electron chi connectivity index (χ4n) is 3.20. The molecule has 0 saturated heterocycles. The molecule has 1 N–H and O–H groups in total. The van der Waals surface area contributed by atoms with Crippen LogP contribution in [0.15, 0.2) is 28.7 Å². The van der Waals surface area contributed by atoms with Crippen LogP contribution >= 0.6 is 0 Å². The molecule has 1 atom stereocenters. The molecule has 5 nitrogen and oxygen atoms in total. The summed E-state index contributed by atoms with van der Waals surface area (Å²) >= 11 is 0. The normalized spacial score (nSPS) is 18.8. The Morgan fingerprint density at radius 1 is 1.33 bits per heavy atom. The Hall–Kier alpha value is -2.21. The maximum Gasteiger partial charge on any atom is 0.256 e. The van der Waals surface area contributed by atoms with E-state index >= 15 is 0 Å². The van der Waals surface area contributed by atoms with Gasteiger partial charge in [0.1, 0.15) is 17.3 Å². The van der Waals surface area contributed by atoms with Crippen LogP contribution in [0.4, 0.5) is 4.39 Å². The lowest BCUT2D eigenvalue weighted by atomic mass is 9.85. The summed E-state index contributed by atoms with van der Waals surface area (Å²) in [6.07, 6.45) is 2.77. The molecule has 4 rings (SSSR count). The van der Waals surface area contributed by atoms with Crippen molar-refractivity contribution in [3.8, 4) is 0 Å². The Kier molecular flexibility index (Phi) is 3.84. The van der Waals surface area contributed by atoms with Gasteiger partial charge in [0.2, 0.25) is 0 Å². The molecule has 24 heavy (non-hydrogen) atoms. The highest BCUT2D eigenvalue weighted by molar-refractivity contribution is 5.82. The maximum absolute atomic E-state index is 13.0. The van der Waals surface area contributed by atoms with Crippen LogP contribution in [0.3, 0.4) is 0 Å². The van der Waals surface area contributed by atoms with Crippen LogP contribution in [-0.2, 0) is 17.8 Å². The summed E-state index contributed by atoms with van der Waals surface area (Å²) in [4.78, 5) is 18.7. The second kappa shape index (κ2) is 6.02. The fraction of sp³-hybridized carbons (Fsp3) is 0.444. The van der Waals surface area contributed by atoms with E-state index in [1.54, 1.807) is 4.90 Å². The first-order valence-electron chi connectivity index (χ1n) is 8.32. The second-order valence-corrected chi connectivity index (χ2v) is 6.51. The van der Waals surface area contributed by atoms with E-state index in [0.29, 0.717) is 31.0 Å². The van der Waals surface area contributed by atoms with E-state index < -0.39 is 11.9 Å². The van der Waals surface area contributed by atoms with Crippen molar-refractivity contribution in [2.24, 2.45) is 0 Å². The van der Waals surface area contributed by atoms with Gasteiger partial charge >= 0.3 is 0 Å². The molecule has 0 bridgehead atoms. The third kappa shape index (κ3) is 2.71. The van der Waals surface area contributed by atoms with Crippen LogP contribution in [0.1, 0.15) is 54.2 Å². The van der Waals surface area contributed by atoms with Gasteiger partial charge in [0.15, 0.2) is 12.0 Å². The summed E-state index contributed by atoms with van der Waals surface area (Å²) < 4.78 is 18.8. The number of amides is 1. The average Bonchev–Trinajstić information content (AvgIpc) is 2.94.